The van der Waals surface area contributed by atoms with Crippen LogP contribution in [-0.4, -0.2) is 28.3 Å². The van der Waals surface area contributed by atoms with Crippen LogP contribution in [-0.2, 0) is 5.41 Å². The summed E-state index contributed by atoms with van der Waals surface area (Å²) in [6.07, 6.45) is 5.59. The van der Waals surface area contributed by atoms with Crippen molar-refractivity contribution in [2.45, 2.75) is 5.41 Å². The van der Waals surface area contributed by atoms with Crippen LogP contribution in [0, 0.1) is 0 Å². The Kier molecular flexibility index (Phi) is 5.22. The molecule has 0 unspecified atom stereocenters. The van der Waals surface area contributed by atoms with Crippen molar-refractivity contribution in [3.05, 3.63) is 193 Å². The Hall–Kier alpha value is -7.31. The van der Waals surface area contributed by atoms with Crippen molar-refractivity contribution < 1.29 is 0 Å². The van der Waals surface area contributed by atoms with E-state index in [0.29, 0.717) is 0 Å². The Bertz CT molecular complexity index is 3350. The Labute approximate surface area is 308 Å². The molecule has 0 bridgehead atoms. The summed E-state index contributed by atoms with van der Waals surface area (Å²) < 4.78 is 6.87. The van der Waals surface area contributed by atoms with Gasteiger partial charge in [0, 0.05) is 40.0 Å². The number of rotatable bonds is 2. The molecule has 0 atom stereocenters. The van der Waals surface area contributed by atoms with E-state index >= 15 is 0 Å². The fourth-order valence-corrected chi connectivity index (χ4v) is 10.0. The fourth-order valence-electron chi connectivity index (χ4n) is 10.0. The Balaban J connectivity index is 1.13. The average molecular weight is 689 g/mol. The molecule has 1 spiro atoms. The first-order valence-corrected chi connectivity index (χ1v) is 18.4. The Morgan fingerprint density at radius 1 is 0.426 bits per heavy atom. The predicted molar refractivity (Wildman–Crippen MR) is 215 cm³/mol. The van der Waals surface area contributed by atoms with E-state index in [1.807, 2.05) is 6.20 Å². The molecule has 250 valence electrons. The molecule has 54 heavy (non-hydrogen) atoms. The standard InChI is InChI=1S/C48H28N6/c1-2-12-30(13-3-1)52-40-21-11-7-16-33(40)35-26-29(22-23-41(35)52)43-28-51-45-42-27-39-44(53(42)46-47(54(43)45)50-25-24-49-46)34-17-6-10-20-38(34)48(39)36-18-8-4-14-31(36)32-15-5-9-19-37(32)48/h1-28H. The zero-order valence-corrected chi connectivity index (χ0v) is 28.8. The number of fused-ring (bicyclic) bond motifs is 20. The van der Waals surface area contributed by atoms with Crippen LogP contribution in [0.25, 0.3) is 83.6 Å². The largest absolute Gasteiger partial charge is 0.309 e. The summed E-state index contributed by atoms with van der Waals surface area (Å²) in [5.41, 5.74) is 18.6. The van der Waals surface area contributed by atoms with Gasteiger partial charge in [0.25, 0.3) is 0 Å². The van der Waals surface area contributed by atoms with Crippen molar-refractivity contribution in [2.24, 2.45) is 0 Å². The van der Waals surface area contributed by atoms with Crippen LogP contribution in [0.3, 0.4) is 0 Å². The molecule has 5 aromatic heterocycles. The molecule has 0 saturated heterocycles. The summed E-state index contributed by atoms with van der Waals surface area (Å²) in [4.78, 5) is 15.3. The van der Waals surface area contributed by atoms with Gasteiger partial charge in [0.1, 0.15) is 0 Å². The van der Waals surface area contributed by atoms with Gasteiger partial charge in [-0.3, -0.25) is 8.80 Å². The molecule has 6 nitrogen and oxygen atoms in total. The van der Waals surface area contributed by atoms with Crippen LogP contribution in [0.4, 0.5) is 0 Å². The van der Waals surface area contributed by atoms with E-state index in [1.54, 1.807) is 12.4 Å². The molecule has 0 radical (unpaired) electrons. The third kappa shape index (κ3) is 3.26. The number of hydrogen-bond acceptors (Lipinski definition) is 3. The number of benzene rings is 6. The summed E-state index contributed by atoms with van der Waals surface area (Å²) in [6, 6.07) is 55.1. The van der Waals surface area contributed by atoms with E-state index in [2.05, 4.69) is 165 Å². The van der Waals surface area contributed by atoms with E-state index in [-0.39, 0.29) is 0 Å². The second-order valence-corrected chi connectivity index (χ2v) is 14.4. The molecular weight excluding hydrogens is 661 g/mol. The highest BCUT2D eigenvalue weighted by atomic mass is 15.1. The zero-order valence-electron chi connectivity index (χ0n) is 28.8. The molecule has 11 aromatic rings. The highest BCUT2D eigenvalue weighted by Crippen LogP contribution is 2.63. The fraction of sp³-hybridized carbons (Fsp3) is 0.0208. The molecule has 2 aliphatic carbocycles. The number of aromatic nitrogens is 6. The van der Waals surface area contributed by atoms with Gasteiger partial charge in [-0.2, -0.15) is 0 Å². The molecule has 6 aromatic carbocycles. The predicted octanol–water partition coefficient (Wildman–Crippen LogP) is 10.6. The second kappa shape index (κ2) is 9.97. The molecule has 0 N–H and O–H groups in total. The normalized spacial score (nSPS) is 13.7. The topological polar surface area (TPSA) is 52.4 Å². The summed E-state index contributed by atoms with van der Waals surface area (Å²) >= 11 is 0. The lowest BCUT2D eigenvalue weighted by atomic mass is 9.71. The van der Waals surface area contributed by atoms with Crippen LogP contribution in [0.2, 0.25) is 0 Å². The average Bonchev–Trinajstić information content (AvgIpc) is 4.04. The van der Waals surface area contributed by atoms with Crippen molar-refractivity contribution in [2.75, 3.05) is 0 Å². The maximum atomic E-state index is 5.21. The molecule has 2 aliphatic rings. The van der Waals surface area contributed by atoms with Crippen LogP contribution < -0.4 is 0 Å². The minimum absolute atomic E-state index is 0.468. The second-order valence-electron chi connectivity index (χ2n) is 14.4. The van der Waals surface area contributed by atoms with Crippen LogP contribution >= 0.6 is 0 Å². The highest BCUT2D eigenvalue weighted by molar-refractivity contribution is 6.10. The van der Waals surface area contributed by atoms with Gasteiger partial charge in [-0.05, 0) is 69.8 Å². The minimum Gasteiger partial charge on any atom is -0.309 e. The Morgan fingerprint density at radius 2 is 1.04 bits per heavy atom. The van der Waals surface area contributed by atoms with Gasteiger partial charge < -0.3 is 4.57 Å². The van der Waals surface area contributed by atoms with Gasteiger partial charge in [0.2, 0.25) is 0 Å². The van der Waals surface area contributed by atoms with Gasteiger partial charge in [0.15, 0.2) is 16.9 Å². The summed E-state index contributed by atoms with van der Waals surface area (Å²) in [5.74, 6) is 0. The molecule has 0 amide bonds. The minimum atomic E-state index is -0.468. The van der Waals surface area contributed by atoms with Crippen molar-refractivity contribution in [1.82, 2.24) is 28.3 Å². The van der Waals surface area contributed by atoms with Crippen molar-refractivity contribution in [3.8, 4) is 39.3 Å². The number of imidazole rings is 1. The van der Waals surface area contributed by atoms with E-state index in [0.717, 1.165) is 50.6 Å². The lowest BCUT2D eigenvalue weighted by Crippen LogP contribution is -2.25. The third-order valence-electron chi connectivity index (χ3n) is 12.0. The number of para-hydroxylation sites is 2. The number of hydrogen-bond donors (Lipinski definition) is 0. The quantitative estimate of drug-likeness (QED) is 0.182. The van der Waals surface area contributed by atoms with Crippen LogP contribution in [0.15, 0.2) is 170 Å². The first kappa shape index (κ1) is 28.3. The smallest absolute Gasteiger partial charge is 0.183 e. The van der Waals surface area contributed by atoms with Gasteiger partial charge in [0.05, 0.1) is 39.5 Å². The zero-order chi connectivity index (χ0) is 35.1. The Morgan fingerprint density at radius 3 is 1.80 bits per heavy atom. The summed E-state index contributed by atoms with van der Waals surface area (Å²) in [7, 11) is 0. The monoisotopic (exact) mass is 688 g/mol. The molecule has 6 heteroatoms. The van der Waals surface area contributed by atoms with Gasteiger partial charge >= 0.3 is 0 Å². The molecule has 0 aliphatic heterocycles. The van der Waals surface area contributed by atoms with Crippen LogP contribution in [0.1, 0.15) is 22.3 Å². The molecule has 0 saturated carbocycles. The maximum absolute atomic E-state index is 5.21. The van der Waals surface area contributed by atoms with Gasteiger partial charge in [-0.25, -0.2) is 15.0 Å². The first-order valence-electron chi connectivity index (χ1n) is 18.4. The molecule has 5 heterocycles. The van der Waals surface area contributed by atoms with E-state index in [9.17, 15) is 0 Å². The molecular formula is C48H28N6. The van der Waals surface area contributed by atoms with Crippen LogP contribution in [0.5, 0.6) is 0 Å². The highest BCUT2D eigenvalue weighted by Gasteiger charge is 2.53. The third-order valence-corrected chi connectivity index (χ3v) is 12.0. The molecule has 13 rings (SSSR count). The summed E-state index contributed by atoms with van der Waals surface area (Å²) in [6.45, 7) is 0. The van der Waals surface area contributed by atoms with Crippen molar-refractivity contribution in [1.29, 1.82) is 0 Å². The van der Waals surface area contributed by atoms with Crippen molar-refractivity contribution >= 4 is 44.3 Å². The van der Waals surface area contributed by atoms with E-state index < -0.39 is 5.41 Å². The SMILES string of the molecule is c1ccc(-n2c3ccccc3c3cc(-c4cnc5c6cc7c(n6c6nccnc6n45)-c4ccccc4C74c5ccccc5-c5ccccc54)ccc32)cc1. The van der Waals surface area contributed by atoms with Gasteiger partial charge in [-0.1, -0.05) is 115 Å². The first-order chi connectivity index (χ1) is 26.8. The maximum Gasteiger partial charge on any atom is 0.183 e. The van der Waals surface area contributed by atoms with E-state index in [1.165, 1.54) is 55.2 Å². The molecule has 0 fully saturated rings. The summed E-state index contributed by atoms with van der Waals surface area (Å²) in [5, 5.41) is 2.40. The van der Waals surface area contributed by atoms with Gasteiger partial charge in [-0.15, -0.1) is 0 Å². The number of nitrogens with zero attached hydrogens (tertiary/aromatic N) is 6. The van der Waals surface area contributed by atoms with E-state index in [4.69, 9.17) is 15.0 Å². The lowest BCUT2D eigenvalue weighted by Gasteiger charge is -2.29. The van der Waals surface area contributed by atoms with Crippen molar-refractivity contribution in [3.63, 3.8) is 0 Å². The lowest BCUT2D eigenvalue weighted by molar-refractivity contribution is 0.795.